The maximum absolute atomic E-state index is 11.3. The van der Waals surface area contributed by atoms with E-state index in [0.717, 1.165) is 23.1 Å². The molecule has 142 valence electrons. The smallest absolute Gasteiger partial charge is 0.336 e. The first-order chi connectivity index (χ1) is 12.0. The number of aromatic carboxylic acids is 1. The van der Waals surface area contributed by atoms with E-state index in [1.165, 1.54) is 64.2 Å². The highest BCUT2D eigenvalue weighted by Gasteiger charge is 2.19. The van der Waals surface area contributed by atoms with Crippen LogP contribution in [0.4, 0.5) is 0 Å². The van der Waals surface area contributed by atoms with Crippen LogP contribution in [0.25, 0.3) is 0 Å². The third kappa shape index (κ3) is 9.64. The van der Waals surface area contributed by atoms with Crippen LogP contribution in [0.1, 0.15) is 87.1 Å². The minimum Gasteiger partial charge on any atom is -0.478 e. The summed E-state index contributed by atoms with van der Waals surface area (Å²) in [5, 5.41) is 9.32. The van der Waals surface area contributed by atoms with Gasteiger partial charge >= 0.3 is 5.97 Å². The van der Waals surface area contributed by atoms with Crippen LogP contribution in [0.15, 0.2) is 24.3 Å². The van der Waals surface area contributed by atoms with Gasteiger partial charge in [-0.15, -0.1) is 0 Å². The Balaban J connectivity index is 2.20. The van der Waals surface area contributed by atoms with Crippen LogP contribution < -0.4 is 0 Å². The average Bonchev–Trinajstić information content (AvgIpc) is 2.56. The van der Waals surface area contributed by atoms with Gasteiger partial charge in [-0.25, -0.2) is 4.79 Å². The van der Waals surface area contributed by atoms with Crippen molar-refractivity contribution in [1.82, 2.24) is 0 Å². The summed E-state index contributed by atoms with van der Waals surface area (Å²) >= 11 is 0. The second-order valence-electron chi connectivity index (χ2n) is 7.96. The fourth-order valence-corrected chi connectivity index (χ4v) is 3.43. The number of carboxylic acid groups (broad SMARTS) is 1. The molecule has 0 aliphatic heterocycles. The standard InChI is InChI=1S/C22H37NO2/c1-4-5-6-7-8-9-10-11-12-15-18-23(2,3)19-20-16-13-14-17-21(20)22(24)25/h13-14,16-17H,4-12,15,18-19H2,1-3H3/p+1. The van der Waals surface area contributed by atoms with Crippen molar-refractivity contribution in [3.05, 3.63) is 35.4 Å². The summed E-state index contributed by atoms with van der Waals surface area (Å²) < 4.78 is 0.849. The summed E-state index contributed by atoms with van der Waals surface area (Å²) in [6, 6.07) is 7.39. The zero-order valence-electron chi connectivity index (χ0n) is 16.6. The Bertz CT molecular complexity index is 497. The molecule has 0 aliphatic rings. The van der Waals surface area contributed by atoms with Crippen LogP contribution >= 0.6 is 0 Å². The molecule has 1 aromatic rings. The first-order valence-corrected chi connectivity index (χ1v) is 10.1. The summed E-state index contributed by atoms with van der Waals surface area (Å²) in [4.78, 5) is 11.3. The number of hydrogen-bond donors (Lipinski definition) is 1. The molecule has 0 bridgehead atoms. The van der Waals surface area contributed by atoms with Gasteiger partial charge in [0.1, 0.15) is 6.54 Å². The molecule has 0 saturated carbocycles. The number of benzene rings is 1. The lowest BCUT2D eigenvalue weighted by atomic mass is 10.1. The van der Waals surface area contributed by atoms with E-state index < -0.39 is 5.97 Å². The van der Waals surface area contributed by atoms with Crippen molar-refractivity contribution < 1.29 is 14.4 Å². The summed E-state index contributed by atoms with van der Waals surface area (Å²) in [5.74, 6) is -0.825. The van der Waals surface area contributed by atoms with Gasteiger partial charge in [0.25, 0.3) is 0 Å². The van der Waals surface area contributed by atoms with E-state index in [1.54, 1.807) is 12.1 Å². The van der Waals surface area contributed by atoms with Crippen molar-refractivity contribution in [2.45, 2.75) is 77.7 Å². The molecule has 0 amide bonds. The van der Waals surface area contributed by atoms with Crippen LogP contribution in [0.2, 0.25) is 0 Å². The largest absolute Gasteiger partial charge is 0.478 e. The van der Waals surface area contributed by atoms with Crippen molar-refractivity contribution in [2.75, 3.05) is 20.6 Å². The Kier molecular flexibility index (Phi) is 10.5. The highest BCUT2D eigenvalue weighted by atomic mass is 16.4. The maximum atomic E-state index is 11.3. The van der Waals surface area contributed by atoms with Gasteiger partial charge in [0.2, 0.25) is 0 Å². The third-order valence-corrected chi connectivity index (χ3v) is 4.96. The Morgan fingerprint density at radius 1 is 0.880 bits per heavy atom. The van der Waals surface area contributed by atoms with Gasteiger partial charge in [-0.3, -0.25) is 0 Å². The number of unbranched alkanes of at least 4 members (excludes halogenated alkanes) is 9. The molecule has 0 atom stereocenters. The molecule has 0 saturated heterocycles. The van der Waals surface area contributed by atoms with Crippen molar-refractivity contribution >= 4 is 5.97 Å². The van der Waals surface area contributed by atoms with E-state index in [4.69, 9.17) is 0 Å². The summed E-state index contributed by atoms with van der Waals surface area (Å²) in [7, 11) is 4.40. The lowest BCUT2D eigenvalue weighted by Gasteiger charge is -2.30. The molecule has 1 N–H and O–H groups in total. The van der Waals surface area contributed by atoms with E-state index in [1.807, 2.05) is 12.1 Å². The van der Waals surface area contributed by atoms with Gasteiger partial charge in [0.15, 0.2) is 0 Å². The minimum absolute atomic E-state index is 0.441. The summed E-state index contributed by atoms with van der Waals surface area (Å²) in [6.07, 6.45) is 13.5. The predicted octanol–water partition coefficient (Wildman–Crippen LogP) is 5.88. The van der Waals surface area contributed by atoms with Gasteiger partial charge < -0.3 is 9.59 Å². The molecule has 3 nitrogen and oxygen atoms in total. The Morgan fingerprint density at radius 2 is 1.40 bits per heavy atom. The minimum atomic E-state index is -0.825. The number of carboxylic acids is 1. The Hall–Kier alpha value is -1.35. The maximum Gasteiger partial charge on any atom is 0.336 e. The molecule has 3 heteroatoms. The number of hydrogen-bond acceptors (Lipinski definition) is 1. The molecule has 0 aromatic heterocycles. The molecule has 1 aromatic carbocycles. The molecule has 25 heavy (non-hydrogen) atoms. The molecule has 0 heterocycles. The average molecular weight is 349 g/mol. The van der Waals surface area contributed by atoms with Gasteiger partial charge in [-0.2, -0.15) is 0 Å². The molecule has 0 unspecified atom stereocenters. The highest BCUT2D eigenvalue weighted by molar-refractivity contribution is 5.89. The highest BCUT2D eigenvalue weighted by Crippen LogP contribution is 2.17. The van der Waals surface area contributed by atoms with Crippen molar-refractivity contribution in [2.24, 2.45) is 0 Å². The zero-order chi connectivity index (χ0) is 18.5. The molecule has 0 radical (unpaired) electrons. The fourth-order valence-electron chi connectivity index (χ4n) is 3.43. The monoisotopic (exact) mass is 348 g/mol. The lowest BCUT2D eigenvalue weighted by Crippen LogP contribution is -2.40. The van der Waals surface area contributed by atoms with E-state index >= 15 is 0 Å². The van der Waals surface area contributed by atoms with Crippen molar-refractivity contribution in [1.29, 1.82) is 0 Å². The van der Waals surface area contributed by atoms with Gasteiger partial charge in [0.05, 0.1) is 26.2 Å². The SMILES string of the molecule is CCCCCCCCCCCC[N+](C)(C)Cc1ccccc1C(=O)O. The van der Waals surface area contributed by atoms with Crippen molar-refractivity contribution in [3.8, 4) is 0 Å². The van der Waals surface area contributed by atoms with Crippen LogP contribution in [0, 0.1) is 0 Å². The molecule has 0 fully saturated rings. The Morgan fingerprint density at radius 3 is 1.96 bits per heavy atom. The molecule has 1 rings (SSSR count). The summed E-state index contributed by atoms with van der Waals surface area (Å²) in [6.45, 7) is 4.14. The number of carbonyl (C=O) groups is 1. The second-order valence-corrected chi connectivity index (χ2v) is 7.96. The van der Waals surface area contributed by atoms with E-state index in [0.29, 0.717) is 5.56 Å². The molecule has 0 aliphatic carbocycles. The van der Waals surface area contributed by atoms with E-state index in [-0.39, 0.29) is 0 Å². The fraction of sp³-hybridized carbons (Fsp3) is 0.682. The molecular formula is C22H38NO2+. The van der Waals surface area contributed by atoms with Gasteiger partial charge in [0, 0.05) is 5.56 Å². The zero-order valence-corrected chi connectivity index (χ0v) is 16.6. The first-order valence-electron chi connectivity index (χ1n) is 10.1. The number of quaternary nitrogens is 1. The Labute approximate surface area is 154 Å². The topological polar surface area (TPSA) is 37.3 Å². The van der Waals surface area contributed by atoms with Crippen LogP contribution in [0.3, 0.4) is 0 Å². The predicted molar refractivity (Wildman–Crippen MR) is 106 cm³/mol. The quantitative estimate of drug-likeness (QED) is 0.336. The summed E-state index contributed by atoms with van der Waals surface area (Å²) in [5.41, 5.74) is 1.38. The van der Waals surface area contributed by atoms with Crippen LogP contribution in [0.5, 0.6) is 0 Å². The van der Waals surface area contributed by atoms with E-state index in [9.17, 15) is 9.90 Å². The molecular weight excluding hydrogens is 310 g/mol. The van der Waals surface area contributed by atoms with Gasteiger partial charge in [-0.1, -0.05) is 76.5 Å². The molecule has 0 spiro atoms. The second kappa shape index (κ2) is 12.1. The third-order valence-electron chi connectivity index (χ3n) is 4.96. The van der Waals surface area contributed by atoms with Gasteiger partial charge in [-0.05, 0) is 18.9 Å². The first kappa shape index (κ1) is 21.7. The normalized spacial score (nSPS) is 11.6. The van der Waals surface area contributed by atoms with Crippen LogP contribution in [-0.2, 0) is 6.54 Å². The number of rotatable bonds is 14. The lowest BCUT2D eigenvalue weighted by molar-refractivity contribution is -0.903. The number of nitrogens with zero attached hydrogens (tertiary/aromatic N) is 1. The van der Waals surface area contributed by atoms with E-state index in [2.05, 4.69) is 21.0 Å². The van der Waals surface area contributed by atoms with Crippen LogP contribution in [-0.4, -0.2) is 36.2 Å². The van der Waals surface area contributed by atoms with Crippen molar-refractivity contribution in [3.63, 3.8) is 0 Å².